The fraction of sp³-hybridized carbons (Fsp3) is 0.389. The van der Waals surface area contributed by atoms with Crippen molar-refractivity contribution in [3.05, 3.63) is 41.0 Å². The molecule has 4 nitrogen and oxygen atoms in total. The number of hydrogen-bond acceptors (Lipinski definition) is 4. The number of halogens is 1. The van der Waals surface area contributed by atoms with Gasteiger partial charge < -0.3 is 14.0 Å². The van der Waals surface area contributed by atoms with Crippen LogP contribution in [0, 0.1) is 0 Å². The Hall–Kier alpha value is -1.37. The van der Waals surface area contributed by atoms with Crippen molar-refractivity contribution in [2.75, 3.05) is 7.11 Å². The molecule has 6 heteroatoms. The number of aromatic nitrogens is 1. The molecule has 0 spiro atoms. The molecule has 0 saturated carbocycles. The Labute approximate surface area is 151 Å². The Balaban J connectivity index is 1.88. The molecular formula is C18H21BBrNO3. The van der Waals surface area contributed by atoms with Gasteiger partial charge in [-0.25, -0.2) is 0 Å². The molecule has 1 fully saturated rings. The van der Waals surface area contributed by atoms with Crippen LogP contribution >= 0.6 is 15.9 Å². The molecule has 2 heterocycles. The average molecular weight is 390 g/mol. The molecule has 0 radical (unpaired) electrons. The lowest BCUT2D eigenvalue weighted by molar-refractivity contribution is 0.00578. The van der Waals surface area contributed by atoms with Gasteiger partial charge in [-0.15, -0.1) is 0 Å². The molecule has 0 amide bonds. The minimum absolute atomic E-state index is 0.362. The fourth-order valence-corrected chi connectivity index (χ4v) is 3.12. The molecular weight excluding hydrogens is 369 g/mol. The Morgan fingerprint density at radius 1 is 1.04 bits per heavy atom. The first-order valence-electron chi connectivity index (χ1n) is 7.89. The van der Waals surface area contributed by atoms with Crippen molar-refractivity contribution in [2.24, 2.45) is 0 Å². The standard InChI is InChI=1S/C18H21BBrNO3/c1-17(2)18(3,4)24-19(23-17)13-10-15(20)16(21-11-13)12-6-8-14(22-5)9-7-12/h6-11H,1-5H3. The number of nitrogens with zero attached hydrogens (tertiary/aromatic N) is 1. The first kappa shape index (κ1) is 17.5. The highest BCUT2D eigenvalue weighted by Gasteiger charge is 2.51. The number of rotatable bonds is 3. The maximum absolute atomic E-state index is 6.08. The Morgan fingerprint density at radius 3 is 2.12 bits per heavy atom. The van der Waals surface area contributed by atoms with Crippen molar-refractivity contribution in [3.8, 4) is 17.0 Å². The molecule has 3 rings (SSSR count). The summed E-state index contributed by atoms with van der Waals surface area (Å²) in [5.41, 5.74) is 2.07. The van der Waals surface area contributed by atoms with Crippen LogP contribution in [0.15, 0.2) is 41.0 Å². The van der Waals surface area contributed by atoms with Crippen LogP contribution in [0.2, 0.25) is 0 Å². The van der Waals surface area contributed by atoms with Gasteiger partial charge in [0.1, 0.15) is 5.75 Å². The molecule has 0 aliphatic carbocycles. The first-order valence-corrected chi connectivity index (χ1v) is 8.68. The van der Waals surface area contributed by atoms with Gasteiger partial charge in [-0.1, -0.05) is 0 Å². The quantitative estimate of drug-likeness (QED) is 0.748. The number of hydrogen-bond donors (Lipinski definition) is 0. The molecule has 1 aliphatic rings. The van der Waals surface area contributed by atoms with E-state index in [0.29, 0.717) is 0 Å². The number of ether oxygens (including phenoxy) is 1. The van der Waals surface area contributed by atoms with Crippen molar-refractivity contribution >= 4 is 28.5 Å². The van der Waals surface area contributed by atoms with Crippen molar-refractivity contribution in [2.45, 2.75) is 38.9 Å². The third-order valence-corrected chi connectivity index (χ3v) is 5.36. The smallest absolute Gasteiger partial charge is 0.496 e. The third-order valence-electron chi connectivity index (χ3n) is 4.75. The predicted molar refractivity (Wildman–Crippen MR) is 99.6 cm³/mol. The van der Waals surface area contributed by atoms with Crippen molar-refractivity contribution in [1.82, 2.24) is 4.98 Å². The molecule has 0 unspecified atom stereocenters. The van der Waals surface area contributed by atoms with Crippen LogP contribution in [-0.4, -0.2) is 30.4 Å². The zero-order valence-electron chi connectivity index (χ0n) is 14.6. The van der Waals surface area contributed by atoms with Crippen LogP contribution in [0.4, 0.5) is 0 Å². The summed E-state index contributed by atoms with van der Waals surface area (Å²) in [5.74, 6) is 0.823. The summed E-state index contributed by atoms with van der Waals surface area (Å²) in [7, 11) is 1.24. The Bertz CT molecular complexity index is 730. The van der Waals surface area contributed by atoms with Crippen LogP contribution < -0.4 is 10.2 Å². The van der Waals surface area contributed by atoms with E-state index in [0.717, 1.165) is 26.9 Å². The van der Waals surface area contributed by atoms with Crippen molar-refractivity contribution in [1.29, 1.82) is 0 Å². The van der Waals surface area contributed by atoms with E-state index in [4.69, 9.17) is 14.0 Å². The first-order chi connectivity index (χ1) is 11.2. The summed E-state index contributed by atoms with van der Waals surface area (Å²) < 4.78 is 18.3. The lowest BCUT2D eigenvalue weighted by Gasteiger charge is -2.32. The number of pyridine rings is 1. The second kappa shape index (κ2) is 6.17. The van der Waals surface area contributed by atoms with E-state index in [1.807, 2.05) is 64.2 Å². The van der Waals surface area contributed by atoms with E-state index in [9.17, 15) is 0 Å². The van der Waals surface area contributed by atoms with Crippen LogP contribution in [0.25, 0.3) is 11.3 Å². The van der Waals surface area contributed by atoms with Gasteiger partial charge in [-0.3, -0.25) is 4.98 Å². The van der Waals surface area contributed by atoms with Crippen LogP contribution in [-0.2, 0) is 9.31 Å². The number of methoxy groups -OCH3 is 1. The molecule has 126 valence electrons. The second-order valence-corrected chi connectivity index (χ2v) is 7.77. The van der Waals surface area contributed by atoms with E-state index < -0.39 is 7.12 Å². The van der Waals surface area contributed by atoms with Gasteiger partial charge in [0.15, 0.2) is 0 Å². The zero-order valence-corrected chi connectivity index (χ0v) is 16.2. The predicted octanol–water partition coefficient (Wildman–Crippen LogP) is 3.82. The fourth-order valence-electron chi connectivity index (χ4n) is 2.52. The van der Waals surface area contributed by atoms with Gasteiger partial charge in [-0.05, 0) is 74.0 Å². The Kier molecular flexibility index (Phi) is 4.49. The Morgan fingerprint density at radius 2 is 1.62 bits per heavy atom. The molecule has 0 N–H and O–H groups in total. The maximum Gasteiger partial charge on any atom is 0.496 e. The van der Waals surface area contributed by atoms with Gasteiger partial charge in [0, 0.05) is 21.7 Å². The summed E-state index contributed by atoms with van der Waals surface area (Å²) in [5, 5.41) is 0. The lowest BCUT2D eigenvalue weighted by atomic mass is 9.80. The summed E-state index contributed by atoms with van der Waals surface area (Å²) >= 11 is 3.62. The van der Waals surface area contributed by atoms with Crippen LogP contribution in [0.3, 0.4) is 0 Å². The van der Waals surface area contributed by atoms with Crippen LogP contribution in [0.1, 0.15) is 27.7 Å². The van der Waals surface area contributed by atoms with Crippen molar-refractivity contribution < 1.29 is 14.0 Å². The minimum Gasteiger partial charge on any atom is -0.497 e. The monoisotopic (exact) mass is 389 g/mol. The molecule has 2 aromatic rings. The van der Waals surface area contributed by atoms with Crippen LogP contribution in [0.5, 0.6) is 5.75 Å². The van der Waals surface area contributed by atoms with Gasteiger partial charge in [0.05, 0.1) is 24.0 Å². The van der Waals surface area contributed by atoms with Crippen molar-refractivity contribution in [3.63, 3.8) is 0 Å². The highest BCUT2D eigenvalue weighted by Crippen LogP contribution is 2.37. The van der Waals surface area contributed by atoms with E-state index in [2.05, 4.69) is 20.9 Å². The molecule has 1 aromatic heterocycles. The lowest BCUT2D eigenvalue weighted by Crippen LogP contribution is -2.41. The third kappa shape index (κ3) is 3.10. The summed E-state index contributed by atoms with van der Waals surface area (Å²) in [6.45, 7) is 8.17. The van der Waals surface area contributed by atoms with Gasteiger partial charge in [0.2, 0.25) is 0 Å². The largest absolute Gasteiger partial charge is 0.497 e. The van der Waals surface area contributed by atoms with E-state index >= 15 is 0 Å². The molecule has 1 aliphatic heterocycles. The van der Waals surface area contributed by atoms with Gasteiger partial charge in [0.25, 0.3) is 0 Å². The van der Waals surface area contributed by atoms with E-state index in [-0.39, 0.29) is 11.2 Å². The summed E-state index contributed by atoms with van der Waals surface area (Å²) in [4.78, 5) is 4.60. The molecule has 0 atom stereocenters. The van der Waals surface area contributed by atoms with Gasteiger partial charge in [-0.2, -0.15) is 0 Å². The highest BCUT2D eigenvalue weighted by atomic mass is 79.9. The molecule has 0 bridgehead atoms. The minimum atomic E-state index is -0.413. The molecule has 1 saturated heterocycles. The second-order valence-electron chi connectivity index (χ2n) is 6.92. The zero-order chi connectivity index (χ0) is 17.5. The normalized spacial score (nSPS) is 18.7. The summed E-state index contributed by atoms with van der Waals surface area (Å²) in [6, 6.07) is 9.83. The topological polar surface area (TPSA) is 40.6 Å². The molecule has 1 aromatic carbocycles. The van der Waals surface area contributed by atoms with E-state index in [1.54, 1.807) is 7.11 Å². The SMILES string of the molecule is COc1ccc(-c2ncc(B3OC(C)(C)C(C)(C)O3)cc2Br)cc1. The van der Waals surface area contributed by atoms with Gasteiger partial charge >= 0.3 is 7.12 Å². The van der Waals surface area contributed by atoms with E-state index in [1.165, 1.54) is 0 Å². The molecule has 24 heavy (non-hydrogen) atoms. The summed E-state index contributed by atoms with van der Waals surface area (Å²) in [6.07, 6.45) is 1.81. The maximum atomic E-state index is 6.08. The average Bonchev–Trinajstić information content (AvgIpc) is 2.75. The highest BCUT2D eigenvalue weighted by molar-refractivity contribution is 9.10. The number of benzene rings is 1.